The van der Waals surface area contributed by atoms with E-state index in [4.69, 9.17) is 21.3 Å². The molecule has 1 heterocycles. The Morgan fingerprint density at radius 3 is 3.17 bits per heavy atom. The predicted octanol–water partition coefficient (Wildman–Crippen LogP) is 2.95. The molecule has 0 saturated carbocycles. The highest BCUT2D eigenvalue weighted by atomic mass is 35.5. The number of rotatable bonds is 2. The van der Waals surface area contributed by atoms with Crippen molar-refractivity contribution in [1.82, 2.24) is 0 Å². The summed E-state index contributed by atoms with van der Waals surface area (Å²) in [5, 5.41) is 8.79. The first-order valence-corrected chi connectivity index (χ1v) is 3.99. The van der Waals surface area contributed by atoms with Gasteiger partial charge in [0, 0.05) is 18.1 Å². The summed E-state index contributed by atoms with van der Waals surface area (Å²) in [7, 11) is 0. The number of hydrogen-bond donors (Lipinski definition) is 0. The van der Waals surface area contributed by atoms with Gasteiger partial charge in [0.1, 0.15) is 5.76 Å². The summed E-state index contributed by atoms with van der Waals surface area (Å²) < 4.78 is 5.15. The second-order valence-electron chi connectivity index (χ2n) is 2.23. The van der Waals surface area contributed by atoms with Gasteiger partial charge in [-0.05, 0) is 6.07 Å². The van der Waals surface area contributed by atoms with Crippen LogP contribution in [0.2, 0.25) is 0 Å². The van der Waals surface area contributed by atoms with Crippen molar-refractivity contribution < 1.29 is 4.42 Å². The zero-order chi connectivity index (χ0) is 8.97. The van der Waals surface area contributed by atoms with E-state index in [1.165, 1.54) is 6.08 Å². The third-order valence-corrected chi connectivity index (χ3v) is 1.83. The molecule has 0 aliphatic rings. The van der Waals surface area contributed by atoms with Gasteiger partial charge >= 0.3 is 0 Å². The molecule has 0 atom stereocenters. The van der Waals surface area contributed by atoms with Crippen LogP contribution in [0, 0.1) is 11.3 Å². The summed E-state index contributed by atoms with van der Waals surface area (Å²) in [6, 6.07) is 3.63. The van der Waals surface area contributed by atoms with Crippen molar-refractivity contribution in [3.05, 3.63) is 29.7 Å². The van der Waals surface area contributed by atoms with E-state index in [0.29, 0.717) is 5.03 Å². The number of aryl methyl sites for hydroxylation is 1. The Kier molecular flexibility index (Phi) is 2.95. The van der Waals surface area contributed by atoms with Gasteiger partial charge in [0.2, 0.25) is 0 Å². The van der Waals surface area contributed by atoms with Gasteiger partial charge in [-0.2, -0.15) is 5.26 Å². The van der Waals surface area contributed by atoms with Crippen molar-refractivity contribution >= 4 is 16.6 Å². The third kappa shape index (κ3) is 1.69. The van der Waals surface area contributed by atoms with Crippen LogP contribution in [0.4, 0.5) is 0 Å². The maximum absolute atomic E-state index is 8.36. The molecule has 0 aliphatic carbocycles. The summed E-state index contributed by atoms with van der Waals surface area (Å²) in [5.41, 5.74) is 0.806. The van der Waals surface area contributed by atoms with Crippen molar-refractivity contribution in [2.75, 3.05) is 0 Å². The van der Waals surface area contributed by atoms with Gasteiger partial charge in [-0.15, -0.1) is 0 Å². The van der Waals surface area contributed by atoms with Crippen LogP contribution >= 0.6 is 11.6 Å². The van der Waals surface area contributed by atoms with Crippen LogP contribution < -0.4 is 0 Å². The summed E-state index contributed by atoms with van der Waals surface area (Å²) in [4.78, 5) is 0. The molecule has 12 heavy (non-hydrogen) atoms. The predicted molar refractivity (Wildman–Crippen MR) is 47.5 cm³/mol. The Labute approximate surface area is 76.1 Å². The number of halogens is 1. The van der Waals surface area contributed by atoms with Gasteiger partial charge < -0.3 is 4.42 Å². The van der Waals surface area contributed by atoms with Crippen molar-refractivity contribution in [3.63, 3.8) is 0 Å². The fourth-order valence-electron chi connectivity index (χ4n) is 0.962. The van der Waals surface area contributed by atoms with Gasteiger partial charge in [0.15, 0.2) is 0 Å². The highest BCUT2D eigenvalue weighted by Gasteiger charge is 2.06. The normalized spacial score (nSPS) is 11.2. The van der Waals surface area contributed by atoms with Crippen LogP contribution in [0.15, 0.2) is 22.8 Å². The molecule has 0 aliphatic heterocycles. The molecule has 0 unspecified atom stereocenters. The van der Waals surface area contributed by atoms with E-state index in [2.05, 4.69) is 0 Å². The molecule has 0 spiro atoms. The van der Waals surface area contributed by atoms with Gasteiger partial charge in [0.05, 0.1) is 17.4 Å². The van der Waals surface area contributed by atoms with Crippen LogP contribution in [0.1, 0.15) is 18.2 Å². The van der Waals surface area contributed by atoms with E-state index >= 15 is 0 Å². The lowest BCUT2D eigenvalue weighted by Gasteiger charge is -1.94. The molecule has 0 fully saturated rings. The molecular formula is C9H8ClNO. The van der Waals surface area contributed by atoms with Crippen LogP contribution in [0.5, 0.6) is 0 Å². The quantitative estimate of drug-likeness (QED) is 0.658. The van der Waals surface area contributed by atoms with E-state index < -0.39 is 0 Å². The van der Waals surface area contributed by atoms with Crippen LogP contribution in [-0.4, -0.2) is 0 Å². The molecule has 0 bridgehead atoms. The van der Waals surface area contributed by atoms with E-state index in [-0.39, 0.29) is 0 Å². The average molecular weight is 182 g/mol. The molecular weight excluding hydrogens is 174 g/mol. The number of nitrogens with zero attached hydrogens (tertiary/aromatic N) is 1. The maximum atomic E-state index is 8.36. The fraction of sp³-hybridized carbons (Fsp3) is 0.222. The van der Waals surface area contributed by atoms with Gasteiger partial charge in [-0.1, -0.05) is 18.5 Å². The Balaban J connectivity index is 3.03. The van der Waals surface area contributed by atoms with E-state index in [9.17, 15) is 0 Å². The van der Waals surface area contributed by atoms with Crippen molar-refractivity contribution in [2.24, 2.45) is 0 Å². The molecule has 1 aromatic heterocycles. The summed E-state index contributed by atoms with van der Waals surface area (Å²) >= 11 is 5.81. The molecule has 0 aromatic carbocycles. The molecule has 1 rings (SSSR count). The first kappa shape index (κ1) is 8.89. The minimum Gasteiger partial charge on any atom is -0.469 e. The van der Waals surface area contributed by atoms with E-state index in [1.807, 2.05) is 13.0 Å². The summed E-state index contributed by atoms with van der Waals surface area (Å²) in [5.74, 6) is 0.812. The number of nitriles is 1. The Morgan fingerprint density at radius 2 is 2.58 bits per heavy atom. The van der Waals surface area contributed by atoms with Crippen LogP contribution in [0.3, 0.4) is 0 Å². The maximum Gasteiger partial charge on any atom is 0.112 e. The first-order valence-electron chi connectivity index (χ1n) is 3.61. The Bertz CT molecular complexity index is 333. The van der Waals surface area contributed by atoms with Crippen LogP contribution in [0.25, 0.3) is 5.03 Å². The minimum atomic E-state index is 0.433. The standard InChI is InChI=1S/C9H8ClNO/c1-2-9-7(4-6-12-9)8(10)3-5-11/h3-4,6H,2H2,1H3/b8-3-. The third-order valence-electron chi connectivity index (χ3n) is 1.52. The minimum absolute atomic E-state index is 0.433. The van der Waals surface area contributed by atoms with Crippen molar-refractivity contribution in [2.45, 2.75) is 13.3 Å². The molecule has 0 saturated heterocycles. The van der Waals surface area contributed by atoms with Crippen molar-refractivity contribution in [1.29, 1.82) is 5.26 Å². The first-order chi connectivity index (χ1) is 5.79. The highest BCUT2D eigenvalue weighted by Crippen LogP contribution is 2.23. The van der Waals surface area contributed by atoms with Crippen molar-refractivity contribution in [3.8, 4) is 6.07 Å². The number of furan rings is 1. The summed E-state index contributed by atoms with van der Waals surface area (Å²) in [6.07, 6.45) is 3.64. The topological polar surface area (TPSA) is 36.9 Å². The molecule has 0 amide bonds. The smallest absolute Gasteiger partial charge is 0.112 e. The van der Waals surface area contributed by atoms with Crippen LogP contribution in [-0.2, 0) is 6.42 Å². The Morgan fingerprint density at radius 1 is 1.83 bits per heavy atom. The molecule has 3 heteroatoms. The summed E-state index contributed by atoms with van der Waals surface area (Å²) in [6.45, 7) is 1.97. The SMILES string of the molecule is CCc1occc1/C(Cl)=C/C#N. The Hall–Kier alpha value is -1.20. The van der Waals surface area contributed by atoms with Gasteiger partial charge in [0.25, 0.3) is 0 Å². The second-order valence-corrected chi connectivity index (χ2v) is 2.64. The lowest BCUT2D eigenvalue weighted by atomic mass is 10.2. The molecule has 62 valence electrons. The number of allylic oxidation sites excluding steroid dienone is 1. The monoisotopic (exact) mass is 181 g/mol. The fourth-order valence-corrected chi connectivity index (χ4v) is 1.18. The molecule has 2 nitrogen and oxygen atoms in total. The molecule has 1 aromatic rings. The lowest BCUT2D eigenvalue weighted by Crippen LogP contribution is -1.81. The largest absolute Gasteiger partial charge is 0.469 e. The van der Waals surface area contributed by atoms with Gasteiger partial charge in [-0.25, -0.2) is 0 Å². The van der Waals surface area contributed by atoms with Gasteiger partial charge in [-0.3, -0.25) is 0 Å². The van der Waals surface area contributed by atoms with E-state index in [1.54, 1.807) is 12.3 Å². The second kappa shape index (κ2) is 3.99. The van der Waals surface area contributed by atoms with E-state index in [0.717, 1.165) is 17.7 Å². The zero-order valence-corrected chi connectivity index (χ0v) is 7.43. The molecule has 0 N–H and O–H groups in total. The number of hydrogen-bond acceptors (Lipinski definition) is 2. The highest BCUT2D eigenvalue weighted by molar-refractivity contribution is 6.49. The average Bonchev–Trinajstić information content (AvgIpc) is 2.51. The molecule has 0 radical (unpaired) electrons. The lowest BCUT2D eigenvalue weighted by molar-refractivity contribution is 0.515. The zero-order valence-electron chi connectivity index (χ0n) is 6.67.